The van der Waals surface area contributed by atoms with Gasteiger partial charge in [0.25, 0.3) is 0 Å². The standard InChI is InChI=1S/C31H33N3O2S.ClH/c1-21-5-10-27-25(18-21)26(31(35)29-19-30-28(33(29)2)13-17-37-30)20-34(27)16-3-4-22-6-8-23(9-7-22)36-24-11-14-32-15-12-24;/h5-10,13,17-20,24,32H,3-4,11-12,14-16H2,1-2H3;1H. The van der Waals surface area contributed by atoms with Crippen molar-refractivity contribution < 1.29 is 9.53 Å². The smallest absolute Gasteiger partial charge is 0.211 e. The molecule has 0 unspecified atom stereocenters. The van der Waals surface area contributed by atoms with Gasteiger partial charge in [0.2, 0.25) is 5.78 Å². The van der Waals surface area contributed by atoms with Crippen molar-refractivity contribution in [3.8, 4) is 5.75 Å². The molecule has 5 aromatic rings. The fourth-order valence-corrected chi connectivity index (χ4v) is 6.33. The second kappa shape index (κ2) is 11.4. The topological polar surface area (TPSA) is 48.2 Å². The summed E-state index contributed by atoms with van der Waals surface area (Å²) in [7, 11) is 1.98. The van der Waals surface area contributed by atoms with Gasteiger partial charge in [0.15, 0.2) is 0 Å². The van der Waals surface area contributed by atoms with Crippen LogP contribution in [0.4, 0.5) is 0 Å². The van der Waals surface area contributed by atoms with E-state index in [1.807, 2.05) is 17.7 Å². The Balaban J connectivity index is 0.00000294. The minimum absolute atomic E-state index is 0. The van der Waals surface area contributed by atoms with E-state index in [2.05, 4.69) is 76.9 Å². The first-order valence-corrected chi connectivity index (χ1v) is 14.1. The lowest BCUT2D eigenvalue weighted by molar-refractivity contribution is 0.103. The molecule has 1 saturated heterocycles. The van der Waals surface area contributed by atoms with Gasteiger partial charge in [-0.25, -0.2) is 0 Å². The lowest BCUT2D eigenvalue weighted by atomic mass is 10.1. The average molecular weight is 548 g/mol. The van der Waals surface area contributed by atoms with Crippen molar-refractivity contribution in [2.45, 2.75) is 45.3 Å². The minimum atomic E-state index is 0. The molecule has 0 bridgehead atoms. The molecule has 3 aromatic heterocycles. The van der Waals surface area contributed by atoms with Gasteiger partial charge in [-0.3, -0.25) is 4.79 Å². The number of ketones is 1. The van der Waals surface area contributed by atoms with Crippen LogP contribution in [-0.4, -0.2) is 34.1 Å². The van der Waals surface area contributed by atoms with Gasteiger partial charge in [-0.1, -0.05) is 23.8 Å². The second-order valence-corrected chi connectivity index (χ2v) is 11.1. The molecule has 0 aliphatic carbocycles. The number of aryl methyl sites for hydroxylation is 4. The van der Waals surface area contributed by atoms with Crippen LogP contribution in [0.15, 0.2) is 66.2 Å². The number of hydrogen-bond acceptors (Lipinski definition) is 4. The number of thiophene rings is 1. The molecule has 38 heavy (non-hydrogen) atoms. The van der Waals surface area contributed by atoms with Gasteiger partial charge in [-0.15, -0.1) is 23.7 Å². The Kier molecular flexibility index (Phi) is 7.93. The highest BCUT2D eigenvalue weighted by molar-refractivity contribution is 7.17. The van der Waals surface area contributed by atoms with Gasteiger partial charge >= 0.3 is 0 Å². The third-order valence-electron chi connectivity index (χ3n) is 7.55. The fraction of sp³-hybridized carbons (Fsp3) is 0.323. The molecule has 198 valence electrons. The van der Waals surface area contributed by atoms with Crippen LogP contribution in [-0.2, 0) is 20.0 Å². The van der Waals surface area contributed by atoms with Gasteiger partial charge in [-0.05, 0) is 93.0 Å². The van der Waals surface area contributed by atoms with E-state index >= 15 is 0 Å². The van der Waals surface area contributed by atoms with E-state index in [1.54, 1.807) is 11.3 Å². The monoisotopic (exact) mass is 547 g/mol. The van der Waals surface area contributed by atoms with Gasteiger partial charge in [0.05, 0.1) is 15.9 Å². The molecule has 6 rings (SSSR count). The number of rotatable bonds is 8. The van der Waals surface area contributed by atoms with Crippen LogP contribution in [0, 0.1) is 6.92 Å². The molecular weight excluding hydrogens is 514 g/mol. The number of fused-ring (bicyclic) bond motifs is 2. The highest BCUT2D eigenvalue weighted by atomic mass is 35.5. The van der Waals surface area contributed by atoms with Gasteiger partial charge in [-0.2, -0.15) is 0 Å². The summed E-state index contributed by atoms with van der Waals surface area (Å²) in [6, 6.07) is 19.1. The molecule has 0 saturated carbocycles. The molecule has 0 spiro atoms. The number of hydrogen-bond donors (Lipinski definition) is 1. The lowest BCUT2D eigenvalue weighted by Crippen LogP contribution is -2.34. The van der Waals surface area contributed by atoms with Crippen molar-refractivity contribution in [1.82, 2.24) is 14.5 Å². The molecule has 1 aliphatic heterocycles. The molecule has 0 atom stereocenters. The highest BCUT2D eigenvalue weighted by Crippen LogP contribution is 2.30. The quantitative estimate of drug-likeness (QED) is 0.214. The molecule has 1 fully saturated rings. The summed E-state index contributed by atoms with van der Waals surface area (Å²) in [5, 5.41) is 6.49. The number of aromatic nitrogens is 2. The Labute approximate surface area is 233 Å². The number of benzene rings is 2. The van der Waals surface area contributed by atoms with E-state index in [9.17, 15) is 4.79 Å². The van der Waals surface area contributed by atoms with Crippen LogP contribution in [0.25, 0.3) is 21.1 Å². The maximum absolute atomic E-state index is 13.7. The summed E-state index contributed by atoms with van der Waals surface area (Å²) in [5.74, 6) is 1.05. The van der Waals surface area contributed by atoms with Crippen LogP contribution in [0.1, 0.15) is 46.4 Å². The SMILES string of the molecule is Cc1ccc2c(c1)c(C(=O)c1cc3sccc3n1C)cn2CCCc1ccc(OC2CCNCC2)cc1.Cl. The first-order valence-electron chi connectivity index (χ1n) is 13.2. The normalized spacial score (nSPS) is 14.2. The van der Waals surface area contributed by atoms with Gasteiger partial charge in [0, 0.05) is 36.3 Å². The van der Waals surface area contributed by atoms with E-state index < -0.39 is 0 Å². The first-order chi connectivity index (χ1) is 18.1. The third-order valence-corrected chi connectivity index (χ3v) is 8.41. The Morgan fingerprint density at radius 1 is 1.05 bits per heavy atom. The van der Waals surface area contributed by atoms with Crippen molar-refractivity contribution >= 4 is 50.6 Å². The van der Waals surface area contributed by atoms with E-state index in [4.69, 9.17) is 4.74 Å². The Morgan fingerprint density at radius 2 is 1.84 bits per heavy atom. The Hall–Kier alpha value is -3.06. The minimum Gasteiger partial charge on any atom is -0.490 e. The highest BCUT2D eigenvalue weighted by Gasteiger charge is 2.21. The van der Waals surface area contributed by atoms with E-state index in [1.165, 1.54) is 11.1 Å². The van der Waals surface area contributed by atoms with Crippen LogP contribution >= 0.6 is 23.7 Å². The summed E-state index contributed by atoms with van der Waals surface area (Å²) in [6.07, 6.45) is 6.50. The average Bonchev–Trinajstić information content (AvgIpc) is 3.60. The molecular formula is C31H34ClN3O2S. The zero-order valence-electron chi connectivity index (χ0n) is 21.9. The number of carbonyl (C=O) groups is 1. The Bertz CT molecular complexity index is 1560. The molecule has 7 heteroatoms. The third kappa shape index (κ3) is 5.26. The molecule has 1 aliphatic rings. The predicted octanol–water partition coefficient (Wildman–Crippen LogP) is 6.92. The van der Waals surface area contributed by atoms with Crippen molar-refractivity contribution in [1.29, 1.82) is 0 Å². The van der Waals surface area contributed by atoms with Crippen molar-refractivity contribution in [2.24, 2.45) is 7.05 Å². The molecule has 5 nitrogen and oxygen atoms in total. The number of nitrogens with zero attached hydrogens (tertiary/aromatic N) is 2. The molecule has 1 N–H and O–H groups in total. The summed E-state index contributed by atoms with van der Waals surface area (Å²) < 4.78 is 11.6. The van der Waals surface area contributed by atoms with Crippen LogP contribution in [0.2, 0.25) is 0 Å². The number of piperidine rings is 1. The zero-order valence-corrected chi connectivity index (χ0v) is 23.5. The lowest BCUT2D eigenvalue weighted by Gasteiger charge is -2.23. The summed E-state index contributed by atoms with van der Waals surface area (Å²) in [5.41, 5.74) is 6.24. The zero-order chi connectivity index (χ0) is 25.4. The molecule has 0 radical (unpaired) electrons. The number of halogens is 1. The van der Waals surface area contributed by atoms with Crippen molar-refractivity contribution in [2.75, 3.05) is 13.1 Å². The van der Waals surface area contributed by atoms with Crippen molar-refractivity contribution in [3.05, 3.63) is 88.6 Å². The fourth-order valence-electron chi connectivity index (χ4n) is 5.48. The van der Waals surface area contributed by atoms with Crippen molar-refractivity contribution in [3.63, 3.8) is 0 Å². The predicted molar refractivity (Wildman–Crippen MR) is 159 cm³/mol. The number of ether oxygens (including phenoxy) is 1. The van der Waals surface area contributed by atoms with E-state index in [-0.39, 0.29) is 18.2 Å². The summed E-state index contributed by atoms with van der Waals surface area (Å²) in [6.45, 7) is 5.02. The maximum Gasteiger partial charge on any atom is 0.211 e. The van der Waals surface area contributed by atoms with Crippen LogP contribution < -0.4 is 10.1 Å². The first kappa shape index (κ1) is 26.5. The van der Waals surface area contributed by atoms with Crippen LogP contribution in [0.3, 0.4) is 0 Å². The largest absolute Gasteiger partial charge is 0.490 e. The van der Waals surface area contributed by atoms with E-state index in [0.717, 1.165) is 83.4 Å². The number of nitrogens with one attached hydrogen (secondary N) is 1. The van der Waals surface area contributed by atoms with Crippen LogP contribution in [0.5, 0.6) is 5.75 Å². The molecule has 0 amide bonds. The van der Waals surface area contributed by atoms with Gasteiger partial charge < -0.3 is 19.2 Å². The maximum atomic E-state index is 13.7. The molecule has 4 heterocycles. The summed E-state index contributed by atoms with van der Waals surface area (Å²) in [4.78, 5) is 13.7. The molecule has 2 aromatic carbocycles. The second-order valence-electron chi connectivity index (χ2n) is 10.2. The van der Waals surface area contributed by atoms with Gasteiger partial charge in [0.1, 0.15) is 11.9 Å². The number of carbonyl (C=O) groups excluding carboxylic acids is 1. The van der Waals surface area contributed by atoms with E-state index in [0.29, 0.717) is 6.10 Å². The summed E-state index contributed by atoms with van der Waals surface area (Å²) >= 11 is 1.68. The Morgan fingerprint density at radius 3 is 2.61 bits per heavy atom.